The summed E-state index contributed by atoms with van der Waals surface area (Å²) >= 11 is 1.47. The lowest BCUT2D eigenvalue weighted by molar-refractivity contribution is -0.117. The summed E-state index contributed by atoms with van der Waals surface area (Å²) in [6.45, 7) is 6.18. The van der Waals surface area contributed by atoms with E-state index in [2.05, 4.69) is 34.7 Å². The zero-order chi connectivity index (χ0) is 12.3. The fraction of sp³-hybridized carbons (Fsp3) is 0.727. The van der Waals surface area contributed by atoms with Gasteiger partial charge in [0, 0.05) is 12.8 Å². The first-order valence-corrected chi connectivity index (χ1v) is 6.78. The van der Waals surface area contributed by atoms with Crippen LogP contribution in [0.4, 0.5) is 5.13 Å². The number of aromatic nitrogens is 2. The second-order valence-electron chi connectivity index (χ2n) is 4.88. The topological polar surface area (TPSA) is 66.9 Å². The molecule has 0 aromatic carbocycles. The fourth-order valence-corrected chi connectivity index (χ4v) is 2.63. The number of anilines is 1. The van der Waals surface area contributed by atoms with Crippen LogP contribution in [0.15, 0.2) is 0 Å². The molecule has 0 bridgehead atoms. The van der Waals surface area contributed by atoms with E-state index >= 15 is 0 Å². The van der Waals surface area contributed by atoms with Gasteiger partial charge in [-0.1, -0.05) is 25.2 Å². The lowest BCUT2D eigenvalue weighted by Crippen LogP contribution is -2.43. The molecule has 94 valence electrons. The van der Waals surface area contributed by atoms with Gasteiger partial charge in [0.05, 0.1) is 0 Å². The number of nitrogens with one attached hydrogen (secondary N) is 2. The van der Waals surface area contributed by atoms with Gasteiger partial charge in [0.1, 0.15) is 5.01 Å². The van der Waals surface area contributed by atoms with Crippen molar-refractivity contribution in [3.8, 4) is 0 Å². The van der Waals surface area contributed by atoms with Crippen molar-refractivity contribution < 1.29 is 4.79 Å². The van der Waals surface area contributed by atoms with Crippen molar-refractivity contribution in [1.82, 2.24) is 15.5 Å². The molecule has 17 heavy (non-hydrogen) atoms. The van der Waals surface area contributed by atoms with Crippen LogP contribution < -0.4 is 10.6 Å². The Labute approximate surface area is 105 Å². The highest BCUT2D eigenvalue weighted by Gasteiger charge is 2.20. The molecular formula is C11H18N4OS. The van der Waals surface area contributed by atoms with Crippen LogP contribution in [-0.4, -0.2) is 29.2 Å². The van der Waals surface area contributed by atoms with Crippen molar-refractivity contribution in [2.45, 2.75) is 26.7 Å². The third-order valence-electron chi connectivity index (χ3n) is 2.64. The summed E-state index contributed by atoms with van der Waals surface area (Å²) in [6.07, 6.45) is 1.49. The molecule has 2 heterocycles. The van der Waals surface area contributed by atoms with Gasteiger partial charge < -0.3 is 10.6 Å². The highest BCUT2D eigenvalue weighted by molar-refractivity contribution is 7.15. The maximum Gasteiger partial charge on any atom is 0.226 e. The maximum atomic E-state index is 11.6. The van der Waals surface area contributed by atoms with Gasteiger partial charge >= 0.3 is 0 Å². The molecule has 6 heteroatoms. The number of carbonyl (C=O) groups is 1. The Morgan fingerprint density at radius 3 is 2.88 bits per heavy atom. The van der Waals surface area contributed by atoms with E-state index in [0.717, 1.165) is 24.5 Å². The molecule has 0 unspecified atom stereocenters. The molecule has 0 atom stereocenters. The van der Waals surface area contributed by atoms with Crippen molar-refractivity contribution in [3.63, 3.8) is 0 Å². The molecule has 2 rings (SSSR count). The SMILES string of the molecule is CC(C)Cc1nnc(NC(=O)CC2CNC2)s1. The molecule has 0 aliphatic carbocycles. The van der Waals surface area contributed by atoms with Crippen LogP contribution in [0, 0.1) is 11.8 Å². The van der Waals surface area contributed by atoms with E-state index in [1.807, 2.05) is 0 Å². The minimum Gasteiger partial charge on any atom is -0.316 e. The van der Waals surface area contributed by atoms with Gasteiger partial charge in [0.25, 0.3) is 0 Å². The summed E-state index contributed by atoms with van der Waals surface area (Å²) in [4.78, 5) is 11.6. The Balaban J connectivity index is 1.81. The van der Waals surface area contributed by atoms with Gasteiger partial charge in [-0.2, -0.15) is 0 Å². The van der Waals surface area contributed by atoms with Crippen molar-refractivity contribution in [1.29, 1.82) is 0 Å². The summed E-state index contributed by atoms with van der Waals surface area (Å²) in [5.41, 5.74) is 0. The average Bonchev–Trinajstić information content (AvgIpc) is 2.58. The van der Waals surface area contributed by atoms with Crippen molar-refractivity contribution in [2.75, 3.05) is 18.4 Å². The molecule has 1 aromatic rings. The molecule has 1 amide bonds. The monoisotopic (exact) mass is 254 g/mol. The predicted molar refractivity (Wildman–Crippen MR) is 68.1 cm³/mol. The van der Waals surface area contributed by atoms with Crippen molar-refractivity contribution in [3.05, 3.63) is 5.01 Å². The normalized spacial score (nSPS) is 15.9. The van der Waals surface area contributed by atoms with Crippen LogP contribution in [0.1, 0.15) is 25.3 Å². The molecule has 0 saturated carbocycles. The number of rotatable bonds is 5. The van der Waals surface area contributed by atoms with E-state index in [1.165, 1.54) is 11.3 Å². The second-order valence-corrected chi connectivity index (χ2v) is 5.94. The summed E-state index contributed by atoms with van der Waals surface area (Å²) in [7, 11) is 0. The first kappa shape index (κ1) is 12.4. The Bertz CT molecular complexity index is 387. The van der Waals surface area contributed by atoms with Gasteiger partial charge in [0.15, 0.2) is 0 Å². The van der Waals surface area contributed by atoms with Crippen LogP contribution in [0.2, 0.25) is 0 Å². The first-order chi connectivity index (χ1) is 8.13. The lowest BCUT2D eigenvalue weighted by atomic mass is 9.99. The number of nitrogens with zero attached hydrogens (tertiary/aromatic N) is 2. The summed E-state index contributed by atoms with van der Waals surface area (Å²) in [6, 6.07) is 0. The van der Waals surface area contributed by atoms with E-state index in [-0.39, 0.29) is 5.91 Å². The molecular weight excluding hydrogens is 236 g/mol. The minimum atomic E-state index is 0.0451. The number of carbonyl (C=O) groups excluding carboxylic acids is 1. The van der Waals surface area contributed by atoms with E-state index < -0.39 is 0 Å². The number of amides is 1. The molecule has 1 aliphatic heterocycles. The maximum absolute atomic E-state index is 11.6. The quantitative estimate of drug-likeness (QED) is 0.831. The smallest absolute Gasteiger partial charge is 0.226 e. The summed E-state index contributed by atoms with van der Waals surface area (Å²) < 4.78 is 0. The van der Waals surface area contributed by atoms with E-state index in [1.54, 1.807) is 0 Å². The van der Waals surface area contributed by atoms with Gasteiger partial charge in [-0.15, -0.1) is 10.2 Å². The Morgan fingerprint density at radius 2 is 2.29 bits per heavy atom. The zero-order valence-electron chi connectivity index (χ0n) is 10.2. The fourth-order valence-electron chi connectivity index (χ4n) is 1.66. The molecule has 2 N–H and O–H groups in total. The van der Waals surface area contributed by atoms with Crippen molar-refractivity contribution >= 4 is 22.4 Å². The lowest BCUT2D eigenvalue weighted by Gasteiger charge is -2.25. The Morgan fingerprint density at radius 1 is 1.53 bits per heavy atom. The third-order valence-corrected chi connectivity index (χ3v) is 3.50. The molecule has 1 fully saturated rings. The largest absolute Gasteiger partial charge is 0.316 e. The van der Waals surface area contributed by atoms with Crippen LogP contribution in [0.3, 0.4) is 0 Å². The molecule has 0 radical (unpaired) electrons. The van der Waals surface area contributed by atoms with Crippen LogP contribution in [0.5, 0.6) is 0 Å². The number of hydrogen-bond donors (Lipinski definition) is 2. The van der Waals surface area contributed by atoms with Gasteiger partial charge in [-0.05, 0) is 24.9 Å². The average molecular weight is 254 g/mol. The van der Waals surface area contributed by atoms with Gasteiger partial charge in [0.2, 0.25) is 11.0 Å². The number of hydrogen-bond acceptors (Lipinski definition) is 5. The first-order valence-electron chi connectivity index (χ1n) is 5.96. The predicted octanol–water partition coefficient (Wildman–Crippen LogP) is 1.28. The standard InChI is InChI=1S/C11H18N4OS/c1-7(2)3-10-14-15-11(17-10)13-9(16)4-8-5-12-6-8/h7-8,12H,3-6H2,1-2H3,(H,13,15,16). The third kappa shape index (κ3) is 3.74. The summed E-state index contributed by atoms with van der Waals surface area (Å²) in [5, 5.41) is 15.6. The van der Waals surface area contributed by atoms with Crippen LogP contribution in [0.25, 0.3) is 0 Å². The van der Waals surface area contributed by atoms with E-state index in [0.29, 0.717) is 23.4 Å². The Kier molecular flexibility index (Phi) is 4.06. The van der Waals surface area contributed by atoms with Crippen LogP contribution >= 0.6 is 11.3 Å². The molecule has 1 aromatic heterocycles. The second kappa shape index (κ2) is 5.55. The van der Waals surface area contributed by atoms with E-state index in [4.69, 9.17) is 0 Å². The Hall–Kier alpha value is -1.01. The van der Waals surface area contributed by atoms with Gasteiger partial charge in [-0.25, -0.2) is 0 Å². The molecule has 1 saturated heterocycles. The highest BCUT2D eigenvalue weighted by atomic mass is 32.1. The molecule has 0 spiro atoms. The summed E-state index contributed by atoms with van der Waals surface area (Å²) in [5.74, 6) is 1.09. The van der Waals surface area contributed by atoms with Crippen molar-refractivity contribution in [2.24, 2.45) is 11.8 Å². The minimum absolute atomic E-state index is 0.0451. The van der Waals surface area contributed by atoms with E-state index in [9.17, 15) is 4.79 Å². The van der Waals surface area contributed by atoms with Gasteiger partial charge in [-0.3, -0.25) is 4.79 Å². The highest BCUT2D eigenvalue weighted by Crippen LogP contribution is 2.19. The molecule has 1 aliphatic rings. The van der Waals surface area contributed by atoms with Crippen LogP contribution in [-0.2, 0) is 11.2 Å². The molecule has 5 nitrogen and oxygen atoms in total. The zero-order valence-corrected chi connectivity index (χ0v) is 11.0.